The molecule has 0 unspecified atom stereocenters. The van der Waals surface area contributed by atoms with Gasteiger partial charge in [0.05, 0.1) is 0 Å². The Labute approximate surface area is 108 Å². The van der Waals surface area contributed by atoms with Gasteiger partial charge in [-0.3, -0.25) is 0 Å². The van der Waals surface area contributed by atoms with Crippen LogP contribution >= 0.6 is 11.8 Å². The zero-order chi connectivity index (χ0) is 13.0. The lowest BCUT2D eigenvalue weighted by atomic mass is 10.2. The smallest absolute Gasteiger partial charge is 0.192 e. The summed E-state index contributed by atoms with van der Waals surface area (Å²) in [5.41, 5.74) is 0. The summed E-state index contributed by atoms with van der Waals surface area (Å²) in [6.07, 6.45) is 5.05. The number of thioether (sulfide) groups is 1. The minimum atomic E-state index is -1.56. The Bertz CT molecular complexity index is 199. The maximum Gasteiger partial charge on any atom is 0.192 e. The Morgan fingerprint density at radius 2 is 1.62 bits per heavy atom. The Hall–Kier alpha value is 0.527. The molecule has 16 heavy (non-hydrogen) atoms. The number of hydrogen-bond donors (Lipinski definition) is 0. The van der Waals surface area contributed by atoms with Crippen molar-refractivity contribution in [2.75, 3.05) is 6.26 Å². The van der Waals surface area contributed by atoms with E-state index in [2.05, 4.69) is 54.0 Å². The molecule has 0 radical (unpaired) electrons. The highest BCUT2D eigenvalue weighted by Gasteiger charge is 2.38. The van der Waals surface area contributed by atoms with E-state index in [1.807, 2.05) is 11.8 Å². The van der Waals surface area contributed by atoms with Gasteiger partial charge >= 0.3 is 0 Å². The van der Waals surface area contributed by atoms with Gasteiger partial charge in [-0.15, -0.1) is 0 Å². The van der Waals surface area contributed by atoms with Crippen molar-refractivity contribution in [3.05, 3.63) is 0 Å². The van der Waals surface area contributed by atoms with E-state index in [9.17, 15) is 0 Å². The van der Waals surface area contributed by atoms with Gasteiger partial charge in [0, 0.05) is 11.4 Å². The van der Waals surface area contributed by atoms with Crippen LogP contribution in [0.25, 0.3) is 0 Å². The van der Waals surface area contributed by atoms with Crippen molar-refractivity contribution in [2.45, 2.75) is 76.9 Å². The molecule has 2 atom stereocenters. The molecular weight excluding hydrogens is 232 g/mol. The van der Waals surface area contributed by atoms with Crippen molar-refractivity contribution >= 4 is 20.1 Å². The van der Waals surface area contributed by atoms with Crippen LogP contribution in [0.4, 0.5) is 0 Å². The average molecular weight is 263 g/mol. The molecule has 0 N–H and O–H groups in total. The van der Waals surface area contributed by atoms with Crippen molar-refractivity contribution in [3.8, 4) is 0 Å². The second kappa shape index (κ2) is 6.46. The van der Waals surface area contributed by atoms with Crippen LogP contribution in [0.2, 0.25) is 18.1 Å². The summed E-state index contributed by atoms with van der Waals surface area (Å²) < 4.78 is 6.33. The first kappa shape index (κ1) is 16.5. The lowest BCUT2D eigenvalue weighted by Gasteiger charge is -2.38. The Balaban J connectivity index is 4.09. The maximum absolute atomic E-state index is 6.33. The van der Waals surface area contributed by atoms with E-state index in [0.29, 0.717) is 11.1 Å². The minimum absolute atomic E-state index is 0.326. The van der Waals surface area contributed by atoms with Gasteiger partial charge < -0.3 is 4.43 Å². The second-order valence-electron chi connectivity index (χ2n) is 6.31. The molecule has 0 rings (SSSR count). The van der Waals surface area contributed by atoms with Crippen LogP contribution in [-0.2, 0) is 4.43 Å². The third kappa shape index (κ3) is 5.74. The molecule has 0 bridgehead atoms. The van der Waals surface area contributed by atoms with Gasteiger partial charge in [-0.1, -0.05) is 27.7 Å². The monoisotopic (exact) mass is 262 g/mol. The van der Waals surface area contributed by atoms with E-state index in [1.165, 1.54) is 12.8 Å². The quantitative estimate of drug-likeness (QED) is 0.628. The van der Waals surface area contributed by atoms with Crippen molar-refractivity contribution < 1.29 is 4.43 Å². The highest BCUT2D eigenvalue weighted by Crippen LogP contribution is 2.37. The molecule has 0 saturated heterocycles. The molecule has 1 nitrogen and oxygen atoms in total. The van der Waals surface area contributed by atoms with Crippen molar-refractivity contribution in [1.82, 2.24) is 0 Å². The molecule has 0 amide bonds. The predicted molar refractivity (Wildman–Crippen MR) is 80.0 cm³/mol. The molecule has 0 aliphatic rings. The maximum atomic E-state index is 6.33. The summed E-state index contributed by atoms with van der Waals surface area (Å²) >= 11 is 1.95. The largest absolute Gasteiger partial charge is 0.414 e. The van der Waals surface area contributed by atoms with Crippen LogP contribution in [0.1, 0.15) is 47.5 Å². The normalized spacial score (nSPS) is 17.2. The molecule has 0 aromatic heterocycles. The van der Waals surface area contributed by atoms with E-state index in [0.717, 1.165) is 5.25 Å². The molecular formula is C13H30OSSi. The van der Waals surface area contributed by atoms with Gasteiger partial charge in [-0.25, -0.2) is 0 Å². The zero-order valence-electron chi connectivity index (χ0n) is 12.4. The van der Waals surface area contributed by atoms with Crippen LogP contribution in [0.15, 0.2) is 0 Å². The molecule has 0 fully saturated rings. The first-order valence-corrected chi connectivity index (χ1v) is 10.5. The minimum Gasteiger partial charge on any atom is -0.414 e. The number of rotatable bonds is 6. The van der Waals surface area contributed by atoms with Crippen molar-refractivity contribution in [1.29, 1.82) is 0 Å². The predicted octanol–water partition coefficient (Wildman–Crippen LogP) is 4.93. The van der Waals surface area contributed by atoms with E-state index in [-0.39, 0.29) is 0 Å². The lowest BCUT2D eigenvalue weighted by molar-refractivity contribution is 0.186. The topological polar surface area (TPSA) is 9.23 Å². The molecule has 0 aliphatic heterocycles. The van der Waals surface area contributed by atoms with Gasteiger partial charge in [0.2, 0.25) is 0 Å². The third-order valence-electron chi connectivity index (χ3n) is 3.68. The van der Waals surface area contributed by atoms with Crippen LogP contribution in [0.3, 0.4) is 0 Å². The second-order valence-corrected chi connectivity index (χ2v) is 12.3. The fraction of sp³-hybridized carbons (Fsp3) is 1.00. The molecule has 0 aromatic carbocycles. The van der Waals surface area contributed by atoms with Gasteiger partial charge in [0.15, 0.2) is 8.32 Å². The molecule has 0 heterocycles. The van der Waals surface area contributed by atoms with E-state index in [1.54, 1.807) is 0 Å². The third-order valence-corrected chi connectivity index (χ3v) is 9.33. The van der Waals surface area contributed by atoms with E-state index in [4.69, 9.17) is 4.43 Å². The first-order chi connectivity index (χ1) is 7.10. The highest BCUT2D eigenvalue weighted by molar-refractivity contribution is 7.99. The molecule has 3 heteroatoms. The van der Waals surface area contributed by atoms with Crippen molar-refractivity contribution in [2.24, 2.45) is 0 Å². The highest BCUT2D eigenvalue weighted by atomic mass is 32.2. The van der Waals surface area contributed by atoms with Crippen LogP contribution in [-0.4, -0.2) is 25.9 Å². The van der Waals surface area contributed by atoms with Gasteiger partial charge in [-0.2, -0.15) is 11.8 Å². The van der Waals surface area contributed by atoms with E-state index < -0.39 is 8.32 Å². The van der Waals surface area contributed by atoms with Gasteiger partial charge in [0.1, 0.15) is 0 Å². The van der Waals surface area contributed by atoms with Crippen molar-refractivity contribution in [3.63, 3.8) is 0 Å². The molecule has 0 aliphatic carbocycles. The molecule has 98 valence electrons. The van der Waals surface area contributed by atoms with Crippen LogP contribution in [0, 0.1) is 0 Å². The summed E-state index contributed by atoms with van der Waals surface area (Å²) in [5, 5.41) is 1.08. The Morgan fingerprint density at radius 3 is 2.00 bits per heavy atom. The summed E-state index contributed by atoms with van der Waals surface area (Å²) in [6, 6.07) is 0. The summed E-state index contributed by atoms with van der Waals surface area (Å²) in [7, 11) is -1.56. The summed E-state index contributed by atoms with van der Waals surface area (Å²) in [4.78, 5) is 0. The van der Waals surface area contributed by atoms with Crippen LogP contribution in [0.5, 0.6) is 0 Å². The fourth-order valence-corrected chi connectivity index (χ4v) is 3.18. The SMILES string of the molecule is CS[C@@H](C)CC[C@@H](C)O[Si](C)(C)C(C)(C)C. The summed E-state index contributed by atoms with van der Waals surface area (Å²) in [6.45, 7) is 16.1. The fourth-order valence-electron chi connectivity index (χ4n) is 1.33. The lowest BCUT2D eigenvalue weighted by Crippen LogP contribution is -2.43. The van der Waals surface area contributed by atoms with E-state index >= 15 is 0 Å². The molecule has 0 saturated carbocycles. The summed E-state index contributed by atoms with van der Waals surface area (Å²) in [5.74, 6) is 0. The van der Waals surface area contributed by atoms with Gasteiger partial charge in [0.25, 0.3) is 0 Å². The standard InChI is InChI=1S/C13H30OSSi/c1-11(9-10-12(2)15-6)14-16(7,8)13(3,4)5/h11-12H,9-10H2,1-8H3/t11-,12+/m1/s1. The first-order valence-electron chi connectivity index (χ1n) is 6.30. The van der Waals surface area contributed by atoms with Crippen LogP contribution < -0.4 is 0 Å². The zero-order valence-corrected chi connectivity index (χ0v) is 14.2. The Kier molecular flexibility index (Phi) is 6.67. The number of hydrogen-bond acceptors (Lipinski definition) is 2. The van der Waals surface area contributed by atoms with Gasteiger partial charge in [-0.05, 0) is 44.2 Å². The molecule has 0 spiro atoms. The Morgan fingerprint density at radius 1 is 1.12 bits per heavy atom. The molecule has 0 aromatic rings. The average Bonchev–Trinajstić information content (AvgIpc) is 2.11.